The fraction of sp³-hybridized carbons (Fsp3) is 0.500. The van der Waals surface area contributed by atoms with Gasteiger partial charge in [0.1, 0.15) is 5.69 Å². The highest BCUT2D eigenvalue weighted by molar-refractivity contribution is 6.43. The van der Waals surface area contributed by atoms with Crippen molar-refractivity contribution in [3.05, 3.63) is 28.2 Å². The van der Waals surface area contributed by atoms with Crippen LogP contribution in [0.4, 0.5) is 11.8 Å². The Balaban J connectivity index is 1.62. The highest BCUT2D eigenvalue weighted by Gasteiger charge is 2.30. The monoisotopic (exact) mass is 410 g/mol. The summed E-state index contributed by atoms with van der Waals surface area (Å²) >= 11 is 12.3. The summed E-state index contributed by atoms with van der Waals surface area (Å²) in [5, 5.41) is 19.0. The first-order valence-corrected chi connectivity index (χ1v) is 9.70. The number of benzene rings is 1. The zero-order valence-corrected chi connectivity index (χ0v) is 17.0. The average Bonchev–Trinajstić information content (AvgIpc) is 2.60. The van der Waals surface area contributed by atoms with E-state index in [0.29, 0.717) is 39.7 Å². The highest BCUT2D eigenvalue weighted by Crippen LogP contribution is 2.34. The summed E-state index contributed by atoms with van der Waals surface area (Å²) < 4.78 is 0. The molecule has 1 fully saturated rings. The van der Waals surface area contributed by atoms with E-state index in [1.807, 2.05) is 18.9 Å². The van der Waals surface area contributed by atoms with Crippen LogP contribution in [-0.2, 0) is 0 Å². The molecule has 0 spiro atoms. The van der Waals surface area contributed by atoms with Crippen molar-refractivity contribution in [3.8, 4) is 11.3 Å². The second-order valence-electron chi connectivity index (χ2n) is 7.00. The van der Waals surface area contributed by atoms with Gasteiger partial charge in [-0.05, 0) is 19.5 Å². The van der Waals surface area contributed by atoms with Crippen LogP contribution < -0.4 is 10.6 Å². The van der Waals surface area contributed by atoms with Gasteiger partial charge in [0.05, 0.1) is 16.1 Å². The van der Waals surface area contributed by atoms with Gasteiger partial charge in [0.15, 0.2) is 5.82 Å². The van der Waals surface area contributed by atoms with E-state index in [2.05, 4.69) is 20.1 Å². The topological polar surface area (TPSA) is 91.4 Å². The van der Waals surface area contributed by atoms with Gasteiger partial charge in [-0.2, -0.15) is 4.98 Å². The number of likely N-dealkylation sites (N-methyl/N-ethyl adjacent to an activating group) is 1. The molecule has 27 heavy (non-hydrogen) atoms. The third kappa shape index (κ3) is 4.60. The highest BCUT2D eigenvalue weighted by atomic mass is 35.5. The van der Waals surface area contributed by atoms with Crippen molar-refractivity contribution in [1.29, 1.82) is 0 Å². The predicted molar refractivity (Wildman–Crippen MR) is 109 cm³/mol. The van der Waals surface area contributed by atoms with Crippen LogP contribution in [0.2, 0.25) is 10.0 Å². The Kier molecular flexibility index (Phi) is 6.37. The van der Waals surface area contributed by atoms with Gasteiger partial charge in [-0.25, -0.2) is 0 Å². The Morgan fingerprint density at radius 2 is 2.07 bits per heavy atom. The Labute approximate surface area is 169 Å². The molecule has 9 heteroatoms. The number of anilines is 2. The maximum absolute atomic E-state index is 9.74. The van der Waals surface area contributed by atoms with Gasteiger partial charge in [0.2, 0.25) is 5.95 Å². The largest absolute Gasteiger partial charge is 0.392 e. The van der Waals surface area contributed by atoms with Crippen LogP contribution in [-0.4, -0.2) is 64.5 Å². The number of hydrogen-bond donors (Lipinski definition) is 2. The standard InChI is InChI=1S/C18H24Cl2N6O/c1-3-12(27)10-25(2)7-11-8-26(9-11)18-22-17(21)16(23-24-18)13-5-4-6-14(19)15(13)20/h4-6,11-12,27H,3,7-10H2,1-2H3,(H2,21,22,24)/t12-/m1/s1. The van der Waals surface area contributed by atoms with Crippen molar-refractivity contribution >= 4 is 35.0 Å². The van der Waals surface area contributed by atoms with Crippen molar-refractivity contribution in [2.24, 2.45) is 5.92 Å². The number of aliphatic hydroxyl groups excluding tert-OH is 1. The fourth-order valence-corrected chi connectivity index (χ4v) is 3.58. The first-order valence-electron chi connectivity index (χ1n) is 8.95. The van der Waals surface area contributed by atoms with Crippen molar-refractivity contribution in [2.75, 3.05) is 43.9 Å². The second kappa shape index (κ2) is 8.56. The molecule has 2 aromatic rings. The van der Waals surface area contributed by atoms with E-state index in [4.69, 9.17) is 28.9 Å². The molecule has 0 radical (unpaired) electrons. The SMILES string of the molecule is CC[C@@H](O)CN(C)CC1CN(c2nnc(-c3cccc(Cl)c3Cl)c(N)n2)C1. The summed E-state index contributed by atoms with van der Waals surface area (Å²) in [6, 6.07) is 5.27. The van der Waals surface area contributed by atoms with E-state index in [-0.39, 0.29) is 11.9 Å². The molecule has 1 aromatic carbocycles. The van der Waals surface area contributed by atoms with Crippen LogP contribution >= 0.6 is 23.2 Å². The first-order chi connectivity index (χ1) is 12.9. The molecule has 1 saturated heterocycles. The molecule has 1 aliphatic rings. The summed E-state index contributed by atoms with van der Waals surface area (Å²) in [5.41, 5.74) is 7.14. The lowest BCUT2D eigenvalue weighted by Crippen LogP contribution is -2.52. The molecular formula is C18H24Cl2N6O. The van der Waals surface area contributed by atoms with E-state index in [1.165, 1.54) is 0 Å². The summed E-state index contributed by atoms with van der Waals surface area (Å²) in [5.74, 6) is 1.30. The van der Waals surface area contributed by atoms with Crippen LogP contribution in [0.1, 0.15) is 13.3 Å². The van der Waals surface area contributed by atoms with Crippen molar-refractivity contribution in [3.63, 3.8) is 0 Å². The number of aromatic nitrogens is 3. The van der Waals surface area contributed by atoms with E-state index in [9.17, 15) is 5.11 Å². The number of aliphatic hydroxyl groups is 1. The summed E-state index contributed by atoms with van der Waals surface area (Å²) in [4.78, 5) is 8.60. The minimum absolute atomic E-state index is 0.274. The normalized spacial score (nSPS) is 15.9. The van der Waals surface area contributed by atoms with Gasteiger partial charge in [-0.1, -0.05) is 42.3 Å². The molecule has 2 heterocycles. The van der Waals surface area contributed by atoms with E-state index in [1.54, 1.807) is 18.2 Å². The Morgan fingerprint density at radius 3 is 2.74 bits per heavy atom. The van der Waals surface area contributed by atoms with Gasteiger partial charge in [0, 0.05) is 37.7 Å². The minimum Gasteiger partial charge on any atom is -0.392 e. The van der Waals surface area contributed by atoms with E-state index < -0.39 is 0 Å². The molecule has 1 aromatic heterocycles. The van der Waals surface area contributed by atoms with Crippen molar-refractivity contribution in [1.82, 2.24) is 20.1 Å². The van der Waals surface area contributed by atoms with Gasteiger partial charge < -0.3 is 20.6 Å². The van der Waals surface area contributed by atoms with Crippen molar-refractivity contribution < 1.29 is 5.11 Å². The quantitative estimate of drug-likeness (QED) is 0.724. The van der Waals surface area contributed by atoms with Gasteiger partial charge in [-0.15, -0.1) is 10.2 Å². The Bertz CT molecular complexity index is 799. The van der Waals surface area contributed by atoms with Crippen LogP contribution in [0.5, 0.6) is 0 Å². The van der Waals surface area contributed by atoms with Crippen LogP contribution in [0.25, 0.3) is 11.3 Å². The van der Waals surface area contributed by atoms with E-state index in [0.717, 1.165) is 26.1 Å². The number of halogens is 2. The van der Waals surface area contributed by atoms with Gasteiger partial charge in [-0.3, -0.25) is 0 Å². The van der Waals surface area contributed by atoms with Gasteiger partial charge >= 0.3 is 0 Å². The lowest BCUT2D eigenvalue weighted by molar-refractivity contribution is 0.111. The maximum Gasteiger partial charge on any atom is 0.247 e. The fourth-order valence-electron chi connectivity index (χ4n) is 3.19. The number of hydrogen-bond acceptors (Lipinski definition) is 7. The maximum atomic E-state index is 9.74. The molecule has 0 amide bonds. The van der Waals surface area contributed by atoms with Crippen LogP contribution in [0.3, 0.4) is 0 Å². The van der Waals surface area contributed by atoms with Crippen LogP contribution in [0, 0.1) is 5.92 Å². The first kappa shape index (κ1) is 20.1. The number of nitrogen functional groups attached to an aromatic ring is 1. The Hall–Kier alpha value is -1.67. The van der Waals surface area contributed by atoms with Crippen molar-refractivity contribution in [2.45, 2.75) is 19.4 Å². The smallest absolute Gasteiger partial charge is 0.247 e. The van der Waals surface area contributed by atoms with Crippen LogP contribution in [0.15, 0.2) is 18.2 Å². The number of nitrogens with two attached hydrogens (primary N) is 1. The van der Waals surface area contributed by atoms with Gasteiger partial charge in [0.25, 0.3) is 0 Å². The average molecular weight is 411 g/mol. The predicted octanol–water partition coefficient (Wildman–Crippen LogP) is 2.57. The Morgan fingerprint density at radius 1 is 1.33 bits per heavy atom. The molecule has 0 aliphatic carbocycles. The number of rotatable bonds is 7. The molecule has 146 valence electrons. The second-order valence-corrected chi connectivity index (χ2v) is 7.79. The molecule has 1 atom stereocenters. The summed E-state index contributed by atoms with van der Waals surface area (Å²) in [6.07, 6.45) is 0.493. The summed E-state index contributed by atoms with van der Waals surface area (Å²) in [7, 11) is 2.03. The molecule has 0 saturated carbocycles. The molecule has 7 nitrogen and oxygen atoms in total. The molecule has 0 unspecified atom stereocenters. The lowest BCUT2D eigenvalue weighted by Gasteiger charge is -2.41. The third-order valence-corrected chi connectivity index (χ3v) is 5.53. The molecule has 0 bridgehead atoms. The number of nitrogens with zero attached hydrogens (tertiary/aromatic N) is 5. The zero-order valence-electron chi connectivity index (χ0n) is 15.4. The van der Waals surface area contributed by atoms with E-state index >= 15 is 0 Å². The molecule has 3 N–H and O–H groups in total. The zero-order chi connectivity index (χ0) is 19.6. The summed E-state index contributed by atoms with van der Waals surface area (Å²) in [6.45, 7) is 5.27. The lowest BCUT2D eigenvalue weighted by atomic mass is 10.00. The molecule has 1 aliphatic heterocycles. The molecule has 3 rings (SSSR count). The third-order valence-electron chi connectivity index (χ3n) is 4.71. The molecular weight excluding hydrogens is 387 g/mol. The minimum atomic E-state index is -0.274.